The second kappa shape index (κ2) is 4.94. The summed E-state index contributed by atoms with van der Waals surface area (Å²) in [7, 11) is 0. The highest BCUT2D eigenvalue weighted by atomic mass is 16.6. The van der Waals surface area contributed by atoms with Gasteiger partial charge in [-0.2, -0.15) is 0 Å². The first kappa shape index (κ1) is 12.5. The van der Waals surface area contributed by atoms with Crippen LogP contribution in [0.25, 0.3) is 0 Å². The molecule has 1 fully saturated rings. The standard InChI is InChI=1S/C11H21NO3/c1-5-9-6(2)7(3)10(11(14)15-9)12-8(4)13/h6-7,9-11,14H,5H2,1-4H3,(H,12,13)/t6-,7+,9?,10?,11?/m1/s1. The van der Waals surface area contributed by atoms with Crippen LogP contribution in [0.1, 0.15) is 34.1 Å². The second-order valence-corrected chi connectivity index (χ2v) is 4.42. The maximum Gasteiger partial charge on any atom is 0.217 e. The maximum atomic E-state index is 11.0. The van der Waals surface area contributed by atoms with Crippen LogP contribution in [0.3, 0.4) is 0 Å². The van der Waals surface area contributed by atoms with Crippen molar-refractivity contribution in [2.45, 2.75) is 52.6 Å². The average molecular weight is 215 g/mol. The summed E-state index contributed by atoms with van der Waals surface area (Å²) in [5.41, 5.74) is 0. The van der Waals surface area contributed by atoms with E-state index in [2.05, 4.69) is 12.2 Å². The van der Waals surface area contributed by atoms with Gasteiger partial charge in [0.1, 0.15) is 0 Å². The summed E-state index contributed by atoms with van der Waals surface area (Å²) in [5.74, 6) is 0.439. The van der Waals surface area contributed by atoms with Gasteiger partial charge in [0.2, 0.25) is 5.91 Å². The quantitative estimate of drug-likeness (QED) is 0.719. The fraction of sp³-hybridized carbons (Fsp3) is 0.909. The highest BCUT2D eigenvalue weighted by Crippen LogP contribution is 2.31. The van der Waals surface area contributed by atoms with Gasteiger partial charge in [-0.3, -0.25) is 4.79 Å². The molecule has 0 aliphatic carbocycles. The fourth-order valence-electron chi connectivity index (χ4n) is 2.22. The van der Waals surface area contributed by atoms with Crippen molar-refractivity contribution in [3.63, 3.8) is 0 Å². The second-order valence-electron chi connectivity index (χ2n) is 4.42. The zero-order valence-corrected chi connectivity index (χ0v) is 9.86. The predicted molar refractivity (Wildman–Crippen MR) is 57.1 cm³/mol. The molecule has 1 heterocycles. The van der Waals surface area contributed by atoms with E-state index >= 15 is 0 Å². The molecule has 4 heteroatoms. The third-order valence-corrected chi connectivity index (χ3v) is 3.38. The van der Waals surface area contributed by atoms with Crippen molar-refractivity contribution in [2.75, 3.05) is 0 Å². The molecule has 0 bridgehead atoms. The van der Waals surface area contributed by atoms with Gasteiger partial charge in [-0.1, -0.05) is 20.8 Å². The van der Waals surface area contributed by atoms with E-state index in [-0.39, 0.29) is 24.0 Å². The van der Waals surface area contributed by atoms with Crippen LogP contribution < -0.4 is 5.32 Å². The zero-order valence-electron chi connectivity index (χ0n) is 9.86. The first-order valence-electron chi connectivity index (χ1n) is 5.58. The molecule has 1 saturated heterocycles. The van der Waals surface area contributed by atoms with Crippen molar-refractivity contribution in [2.24, 2.45) is 11.8 Å². The van der Waals surface area contributed by atoms with Gasteiger partial charge in [0.05, 0.1) is 12.1 Å². The molecule has 0 radical (unpaired) electrons. The minimum Gasteiger partial charge on any atom is -0.366 e. The van der Waals surface area contributed by atoms with E-state index < -0.39 is 6.29 Å². The summed E-state index contributed by atoms with van der Waals surface area (Å²) in [4.78, 5) is 11.0. The topological polar surface area (TPSA) is 58.6 Å². The largest absolute Gasteiger partial charge is 0.366 e. The minimum atomic E-state index is -0.884. The van der Waals surface area contributed by atoms with Crippen molar-refractivity contribution in [3.05, 3.63) is 0 Å². The Morgan fingerprint density at radius 2 is 2.00 bits per heavy atom. The van der Waals surface area contributed by atoms with E-state index in [9.17, 15) is 9.90 Å². The van der Waals surface area contributed by atoms with Crippen molar-refractivity contribution in [1.82, 2.24) is 5.32 Å². The molecule has 5 atom stereocenters. The number of hydrogen-bond acceptors (Lipinski definition) is 3. The number of amides is 1. The Hall–Kier alpha value is -0.610. The lowest BCUT2D eigenvalue weighted by Gasteiger charge is -2.42. The molecule has 0 saturated carbocycles. The van der Waals surface area contributed by atoms with E-state index in [0.717, 1.165) is 6.42 Å². The molecule has 1 rings (SSSR count). The average Bonchev–Trinajstić information content (AvgIpc) is 2.18. The van der Waals surface area contributed by atoms with Crippen LogP contribution in [0.2, 0.25) is 0 Å². The highest BCUT2D eigenvalue weighted by molar-refractivity contribution is 5.73. The van der Waals surface area contributed by atoms with Crippen molar-refractivity contribution in [1.29, 1.82) is 0 Å². The lowest BCUT2D eigenvalue weighted by Crippen LogP contribution is -2.56. The van der Waals surface area contributed by atoms with Gasteiger partial charge in [-0.15, -0.1) is 0 Å². The number of carbonyl (C=O) groups is 1. The van der Waals surface area contributed by atoms with Gasteiger partial charge >= 0.3 is 0 Å². The first-order valence-corrected chi connectivity index (χ1v) is 5.58. The molecule has 1 aliphatic rings. The van der Waals surface area contributed by atoms with Crippen LogP contribution in [0.5, 0.6) is 0 Å². The van der Waals surface area contributed by atoms with Crippen LogP contribution in [-0.2, 0) is 9.53 Å². The summed E-state index contributed by atoms with van der Waals surface area (Å²) < 4.78 is 5.47. The van der Waals surface area contributed by atoms with Gasteiger partial charge < -0.3 is 15.2 Å². The Bertz CT molecular complexity index is 232. The molecule has 3 unspecified atom stereocenters. The van der Waals surface area contributed by atoms with Crippen molar-refractivity contribution < 1.29 is 14.6 Å². The van der Waals surface area contributed by atoms with E-state index in [1.54, 1.807) is 0 Å². The van der Waals surface area contributed by atoms with Crippen LogP contribution in [-0.4, -0.2) is 29.4 Å². The number of nitrogens with one attached hydrogen (secondary N) is 1. The Morgan fingerprint density at radius 1 is 1.40 bits per heavy atom. The smallest absolute Gasteiger partial charge is 0.217 e. The Kier molecular flexibility index (Phi) is 4.11. The molecular formula is C11H21NO3. The molecule has 1 aliphatic heterocycles. The summed E-state index contributed by atoms with van der Waals surface area (Å²) >= 11 is 0. The van der Waals surface area contributed by atoms with Gasteiger partial charge in [-0.25, -0.2) is 0 Å². The van der Waals surface area contributed by atoms with E-state index in [4.69, 9.17) is 4.74 Å². The zero-order chi connectivity index (χ0) is 11.6. The van der Waals surface area contributed by atoms with Crippen molar-refractivity contribution in [3.8, 4) is 0 Å². The van der Waals surface area contributed by atoms with Gasteiger partial charge in [0.25, 0.3) is 0 Å². The summed E-state index contributed by atoms with van der Waals surface area (Å²) in [6.07, 6.45) is 0.0834. The number of hydrogen-bond donors (Lipinski definition) is 2. The molecule has 15 heavy (non-hydrogen) atoms. The van der Waals surface area contributed by atoms with Gasteiger partial charge in [-0.05, 0) is 18.3 Å². The summed E-state index contributed by atoms with van der Waals surface area (Å²) in [5, 5.41) is 12.5. The minimum absolute atomic E-state index is 0.0833. The molecule has 88 valence electrons. The Balaban J connectivity index is 2.70. The van der Waals surface area contributed by atoms with Crippen molar-refractivity contribution >= 4 is 5.91 Å². The van der Waals surface area contributed by atoms with E-state index in [1.165, 1.54) is 6.92 Å². The lowest BCUT2D eigenvalue weighted by atomic mass is 9.81. The summed E-state index contributed by atoms with van der Waals surface area (Å²) in [6.45, 7) is 7.63. The van der Waals surface area contributed by atoms with Crippen LogP contribution in [0, 0.1) is 11.8 Å². The first-order chi connectivity index (χ1) is 6.97. The number of aliphatic hydroxyl groups excluding tert-OH is 1. The Morgan fingerprint density at radius 3 is 2.47 bits per heavy atom. The van der Waals surface area contributed by atoms with Crippen LogP contribution in [0.4, 0.5) is 0 Å². The molecule has 2 N–H and O–H groups in total. The lowest BCUT2D eigenvalue weighted by molar-refractivity contribution is -0.212. The predicted octanol–water partition coefficient (Wildman–Crippen LogP) is 0.890. The third kappa shape index (κ3) is 2.69. The van der Waals surface area contributed by atoms with E-state index in [1.807, 2.05) is 13.8 Å². The molecule has 0 aromatic heterocycles. The number of carbonyl (C=O) groups excluding carboxylic acids is 1. The Labute approximate surface area is 91.0 Å². The SMILES string of the molecule is CCC1OC(O)C(NC(C)=O)[C@@H](C)[C@H]1C. The van der Waals surface area contributed by atoms with Crippen LogP contribution in [0.15, 0.2) is 0 Å². The number of rotatable bonds is 2. The number of aliphatic hydroxyl groups is 1. The maximum absolute atomic E-state index is 11.0. The van der Waals surface area contributed by atoms with E-state index in [0.29, 0.717) is 5.92 Å². The van der Waals surface area contributed by atoms with Gasteiger partial charge in [0.15, 0.2) is 6.29 Å². The normalized spacial score (nSPS) is 41.3. The molecule has 0 spiro atoms. The monoisotopic (exact) mass is 215 g/mol. The highest BCUT2D eigenvalue weighted by Gasteiger charge is 2.40. The molecule has 0 aromatic rings. The molecule has 1 amide bonds. The third-order valence-electron chi connectivity index (χ3n) is 3.38. The summed E-state index contributed by atoms with van der Waals surface area (Å²) in [6, 6.07) is -0.291. The number of ether oxygens (including phenoxy) is 1. The fourth-order valence-corrected chi connectivity index (χ4v) is 2.22. The molecule has 0 aromatic carbocycles. The van der Waals surface area contributed by atoms with Gasteiger partial charge in [0, 0.05) is 6.92 Å². The molecular weight excluding hydrogens is 194 g/mol. The van der Waals surface area contributed by atoms with Crippen LogP contribution >= 0.6 is 0 Å². The molecule has 4 nitrogen and oxygen atoms in total.